The molecule has 8 heteroatoms. The summed E-state index contributed by atoms with van der Waals surface area (Å²) in [6.07, 6.45) is 2.84. The molecule has 1 atom stereocenters. The standard InChI is InChI=1S/C18H33N5O3/c1-14(2)17-21-16(26-22-17)6-5-8-20-18(19-3)23-9-7-15(12-23)13-25-11-10-24-4/h14-15H,5-13H2,1-4H3,(H,19,20). The Morgan fingerprint density at radius 3 is 2.96 bits per heavy atom. The number of nitrogens with zero attached hydrogens (tertiary/aromatic N) is 4. The number of guanidine groups is 1. The van der Waals surface area contributed by atoms with Crippen LogP contribution in [0.15, 0.2) is 9.52 Å². The number of aliphatic imine (C=N–C) groups is 1. The van der Waals surface area contributed by atoms with Gasteiger partial charge >= 0.3 is 0 Å². The van der Waals surface area contributed by atoms with Crippen molar-refractivity contribution in [2.24, 2.45) is 10.9 Å². The molecule has 1 N–H and O–H groups in total. The fourth-order valence-corrected chi connectivity index (χ4v) is 2.93. The Hall–Kier alpha value is -1.67. The lowest BCUT2D eigenvalue weighted by molar-refractivity contribution is 0.0536. The minimum Gasteiger partial charge on any atom is -0.382 e. The summed E-state index contributed by atoms with van der Waals surface area (Å²) in [5, 5.41) is 7.43. The van der Waals surface area contributed by atoms with Gasteiger partial charge in [-0.1, -0.05) is 19.0 Å². The van der Waals surface area contributed by atoms with Crippen molar-refractivity contribution in [1.82, 2.24) is 20.4 Å². The molecule has 0 aliphatic carbocycles. The van der Waals surface area contributed by atoms with E-state index >= 15 is 0 Å². The zero-order valence-electron chi connectivity index (χ0n) is 16.5. The minimum absolute atomic E-state index is 0.297. The first-order chi connectivity index (χ1) is 12.6. The molecule has 1 aromatic rings. The van der Waals surface area contributed by atoms with E-state index in [0.29, 0.717) is 30.9 Å². The molecule has 2 heterocycles. The van der Waals surface area contributed by atoms with Gasteiger partial charge < -0.3 is 24.2 Å². The lowest BCUT2D eigenvalue weighted by Crippen LogP contribution is -2.40. The minimum atomic E-state index is 0.297. The number of likely N-dealkylation sites (tertiary alicyclic amines) is 1. The van der Waals surface area contributed by atoms with E-state index in [4.69, 9.17) is 14.0 Å². The number of aromatic nitrogens is 2. The van der Waals surface area contributed by atoms with Gasteiger partial charge in [0, 0.05) is 52.0 Å². The first kappa shape index (κ1) is 20.6. The molecule has 0 amide bonds. The molecule has 0 aromatic carbocycles. The van der Waals surface area contributed by atoms with Gasteiger partial charge in [-0.2, -0.15) is 4.98 Å². The highest BCUT2D eigenvalue weighted by molar-refractivity contribution is 5.80. The summed E-state index contributed by atoms with van der Waals surface area (Å²) in [4.78, 5) is 11.1. The van der Waals surface area contributed by atoms with E-state index < -0.39 is 0 Å². The van der Waals surface area contributed by atoms with Crippen molar-refractivity contribution >= 4 is 5.96 Å². The van der Waals surface area contributed by atoms with Crippen molar-refractivity contribution in [2.75, 3.05) is 53.6 Å². The molecule has 1 aromatic heterocycles. The number of hydrogen-bond donors (Lipinski definition) is 1. The van der Waals surface area contributed by atoms with Gasteiger partial charge in [-0.25, -0.2) is 0 Å². The van der Waals surface area contributed by atoms with Gasteiger partial charge in [-0.3, -0.25) is 4.99 Å². The number of aryl methyl sites for hydroxylation is 1. The Labute approximate surface area is 156 Å². The van der Waals surface area contributed by atoms with Crippen molar-refractivity contribution in [2.45, 2.75) is 39.0 Å². The molecule has 0 radical (unpaired) electrons. The Kier molecular flexibility index (Phi) is 8.84. The van der Waals surface area contributed by atoms with Crippen molar-refractivity contribution < 1.29 is 14.0 Å². The van der Waals surface area contributed by atoms with Crippen LogP contribution < -0.4 is 5.32 Å². The molecule has 26 heavy (non-hydrogen) atoms. The smallest absolute Gasteiger partial charge is 0.226 e. The van der Waals surface area contributed by atoms with Gasteiger partial charge in [0.1, 0.15) is 0 Å². The summed E-state index contributed by atoms with van der Waals surface area (Å²) in [6, 6.07) is 0. The third kappa shape index (κ3) is 6.57. The molecular weight excluding hydrogens is 334 g/mol. The molecule has 1 unspecified atom stereocenters. The lowest BCUT2D eigenvalue weighted by Gasteiger charge is -2.21. The maximum absolute atomic E-state index is 5.65. The Morgan fingerprint density at radius 2 is 2.27 bits per heavy atom. The second kappa shape index (κ2) is 11.1. The summed E-state index contributed by atoms with van der Waals surface area (Å²) in [6.45, 7) is 9.04. The van der Waals surface area contributed by atoms with Crippen LogP contribution in [-0.2, 0) is 15.9 Å². The van der Waals surface area contributed by atoms with Crippen molar-refractivity contribution in [1.29, 1.82) is 0 Å². The van der Waals surface area contributed by atoms with Crippen molar-refractivity contribution in [3.05, 3.63) is 11.7 Å². The molecule has 1 aliphatic heterocycles. The fraction of sp³-hybridized carbons (Fsp3) is 0.833. The quantitative estimate of drug-likeness (QED) is 0.383. The van der Waals surface area contributed by atoms with E-state index in [-0.39, 0.29) is 0 Å². The fourth-order valence-electron chi connectivity index (χ4n) is 2.93. The molecule has 0 spiro atoms. The number of ether oxygens (including phenoxy) is 2. The zero-order chi connectivity index (χ0) is 18.8. The van der Waals surface area contributed by atoms with Gasteiger partial charge in [-0.05, 0) is 12.8 Å². The molecule has 8 nitrogen and oxygen atoms in total. The van der Waals surface area contributed by atoms with E-state index in [1.165, 1.54) is 0 Å². The van der Waals surface area contributed by atoms with E-state index in [1.54, 1.807) is 7.11 Å². The summed E-state index contributed by atoms with van der Waals surface area (Å²) in [7, 11) is 3.52. The molecule has 2 rings (SSSR count). The summed E-state index contributed by atoms with van der Waals surface area (Å²) >= 11 is 0. The summed E-state index contributed by atoms with van der Waals surface area (Å²) in [5.41, 5.74) is 0. The summed E-state index contributed by atoms with van der Waals surface area (Å²) < 4.78 is 15.9. The predicted octanol–water partition coefficient (Wildman–Crippen LogP) is 1.69. The average Bonchev–Trinajstić information content (AvgIpc) is 3.28. The van der Waals surface area contributed by atoms with E-state index in [1.807, 2.05) is 7.05 Å². The number of rotatable bonds is 10. The van der Waals surface area contributed by atoms with Crippen LogP contribution in [0.5, 0.6) is 0 Å². The van der Waals surface area contributed by atoms with E-state index in [2.05, 4.69) is 39.2 Å². The molecule has 0 bridgehead atoms. The second-order valence-corrected chi connectivity index (χ2v) is 6.95. The largest absolute Gasteiger partial charge is 0.382 e. The van der Waals surface area contributed by atoms with Crippen LogP contribution >= 0.6 is 0 Å². The first-order valence-corrected chi connectivity index (χ1v) is 9.48. The van der Waals surface area contributed by atoms with Crippen LogP contribution in [0.3, 0.4) is 0 Å². The normalized spacial score (nSPS) is 18.1. The molecule has 1 aliphatic rings. The number of methoxy groups -OCH3 is 1. The molecule has 1 saturated heterocycles. The van der Waals surface area contributed by atoms with E-state index in [9.17, 15) is 0 Å². The Balaban J connectivity index is 1.64. The van der Waals surface area contributed by atoms with Crippen LogP contribution in [-0.4, -0.2) is 74.6 Å². The van der Waals surface area contributed by atoms with Crippen molar-refractivity contribution in [3.63, 3.8) is 0 Å². The maximum atomic E-state index is 5.65. The average molecular weight is 367 g/mol. The topological polar surface area (TPSA) is 85.0 Å². The van der Waals surface area contributed by atoms with Crippen molar-refractivity contribution in [3.8, 4) is 0 Å². The van der Waals surface area contributed by atoms with Crippen LogP contribution in [0.4, 0.5) is 0 Å². The molecule has 0 saturated carbocycles. The van der Waals surface area contributed by atoms with Gasteiger partial charge in [0.25, 0.3) is 0 Å². The number of nitrogens with one attached hydrogen (secondary N) is 1. The second-order valence-electron chi connectivity index (χ2n) is 6.95. The van der Waals surface area contributed by atoms with Crippen LogP contribution in [0.2, 0.25) is 0 Å². The highest BCUT2D eigenvalue weighted by atomic mass is 16.5. The Morgan fingerprint density at radius 1 is 1.42 bits per heavy atom. The highest BCUT2D eigenvalue weighted by Gasteiger charge is 2.24. The van der Waals surface area contributed by atoms with Gasteiger partial charge in [0.05, 0.1) is 19.8 Å². The van der Waals surface area contributed by atoms with E-state index in [0.717, 1.165) is 57.3 Å². The Bertz CT molecular complexity index is 547. The lowest BCUT2D eigenvalue weighted by atomic mass is 10.1. The SMILES string of the molecule is CN=C(NCCCc1nc(C(C)C)no1)N1CCC(COCCOC)C1. The molecule has 148 valence electrons. The monoisotopic (exact) mass is 367 g/mol. The number of hydrogen-bond acceptors (Lipinski definition) is 6. The van der Waals surface area contributed by atoms with Crippen LogP contribution in [0, 0.1) is 5.92 Å². The van der Waals surface area contributed by atoms with Gasteiger partial charge in [-0.15, -0.1) is 0 Å². The highest BCUT2D eigenvalue weighted by Crippen LogP contribution is 2.16. The zero-order valence-corrected chi connectivity index (χ0v) is 16.5. The van der Waals surface area contributed by atoms with Crippen LogP contribution in [0.25, 0.3) is 0 Å². The third-order valence-electron chi connectivity index (χ3n) is 4.43. The first-order valence-electron chi connectivity index (χ1n) is 9.48. The third-order valence-corrected chi connectivity index (χ3v) is 4.43. The van der Waals surface area contributed by atoms with Crippen LogP contribution in [0.1, 0.15) is 44.3 Å². The van der Waals surface area contributed by atoms with Gasteiger partial charge in [0.2, 0.25) is 5.89 Å². The molecule has 1 fully saturated rings. The summed E-state index contributed by atoms with van der Waals surface area (Å²) in [5.74, 6) is 3.29. The predicted molar refractivity (Wildman–Crippen MR) is 100 cm³/mol. The maximum Gasteiger partial charge on any atom is 0.226 e. The van der Waals surface area contributed by atoms with Gasteiger partial charge in [0.15, 0.2) is 11.8 Å². The molecular formula is C18H33N5O3.